The first-order valence-electron chi connectivity index (χ1n) is 6.97. The molecule has 2 rings (SSSR count). The second-order valence-electron chi connectivity index (χ2n) is 5.08. The van der Waals surface area contributed by atoms with Gasteiger partial charge < -0.3 is 15.4 Å². The summed E-state index contributed by atoms with van der Waals surface area (Å²) in [7, 11) is 1.45. The fraction of sp³-hybridized carbons (Fsp3) is 0.235. The van der Waals surface area contributed by atoms with Crippen molar-refractivity contribution in [1.82, 2.24) is 5.32 Å². The average molecular weight is 318 g/mol. The molecule has 0 aliphatic carbocycles. The van der Waals surface area contributed by atoms with Gasteiger partial charge in [0.05, 0.1) is 13.2 Å². The molecule has 0 aliphatic heterocycles. The van der Waals surface area contributed by atoms with E-state index in [0.717, 1.165) is 16.8 Å². The van der Waals surface area contributed by atoms with Crippen LogP contribution < -0.4 is 15.4 Å². The summed E-state index contributed by atoms with van der Waals surface area (Å²) in [6.45, 7) is 3.94. The van der Waals surface area contributed by atoms with Crippen LogP contribution in [0.3, 0.4) is 0 Å². The molecule has 0 aromatic heterocycles. The third kappa shape index (κ3) is 4.18. The Labute approximate surface area is 135 Å². The number of methoxy groups -OCH3 is 1. The summed E-state index contributed by atoms with van der Waals surface area (Å²) >= 11 is 5.30. The summed E-state index contributed by atoms with van der Waals surface area (Å²) in [6, 6.07) is 12.7. The van der Waals surface area contributed by atoms with E-state index in [1.807, 2.05) is 44.2 Å². The standard InChI is InChI=1S/C17H19FN2OS/c1-11-5-4-6-14(9-11)20-17(22)19-12(2)13-7-8-16(21-3)15(18)10-13/h4-10,12H,1-3H3,(H2,19,20,22)/t12-/m0/s1. The molecule has 0 saturated heterocycles. The van der Waals surface area contributed by atoms with E-state index in [1.165, 1.54) is 13.2 Å². The third-order valence-electron chi connectivity index (χ3n) is 3.30. The number of rotatable bonds is 4. The molecule has 2 N–H and O–H groups in total. The minimum Gasteiger partial charge on any atom is -0.494 e. The van der Waals surface area contributed by atoms with E-state index >= 15 is 0 Å². The molecule has 1 atom stereocenters. The number of anilines is 1. The second kappa shape index (κ2) is 7.22. The van der Waals surface area contributed by atoms with Gasteiger partial charge in [0.2, 0.25) is 0 Å². The lowest BCUT2D eigenvalue weighted by Crippen LogP contribution is -2.30. The summed E-state index contributed by atoms with van der Waals surface area (Å²) in [5.41, 5.74) is 2.87. The Morgan fingerprint density at radius 3 is 2.64 bits per heavy atom. The number of hydrogen-bond acceptors (Lipinski definition) is 2. The Balaban J connectivity index is 2.00. The van der Waals surface area contributed by atoms with E-state index in [4.69, 9.17) is 17.0 Å². The molecule has 0 fully saturated rings. The maximum atomic E-state index is 13.7. The van der Waals surface area contributed by atoms with Gasteiger partial charge in [-0.15, -0.1) is 0 Å². The van der Waals surface area contributed by atoms with Crippen molar-refractivity contribution in [2.24, 2.45) is 0 Å². The molecule has 0 amide bonds. The highest BCUT2D eigenvalue weighted by atomic mass is 32.1. The van der Waals surface area contributed by atoms with Gasteiger partial charge in [-0.1, -0.05) is 18.2 Å². The Morgan fingerprint density at radius 1 is 1.23 bits per heavy atom. The molecule has 0 spiro atoms. The summed E-state index contributed by atoms with van der Waals surface area (Å²) in [5, 5.41) is 6.76. The zero-order valence-corrected chi connectivity index (χ0v) is 13.6. The normalized spacial score (nSPS) is 11.6. The Kier molecular flexibility index (Phi) is 5.33. The van der Waals surface area contributed by atoms with E-state index in [-0.39, 0.29) is 17.6 Å². The van der Waals surface area contributed by atoms with Crippen LogP contribution in [-0.4, -0.2) is 12.2 Å². The van der Waals surface area contributed by atoms with Gasteiger partial charge in [-0.05, 0) is 61.5 Å². The van der Waals surface area contributed by atoms with Crippen molar-refractivity contribution in [2.45, 2.75) is 19.9 Å². The van der Waals surface area contributed by atoms with Crippen LogP contribution in [0.5, 0.6) is 5.75 Å². The van der Waals surface area contributed by atoms with Crippen LogP contribution in [-0.2, 0) is 0 Å². The summed E-state index contributed by atoms with van der Waals surface area (Å²) in [6.07, 6.45) is 0. The lowest BCUT2D eigenvalue weighted by Gasteiger charge is -2.18. The Morgan fingerprint density at radius 2 is 2.00 bits per heavy atom. The molecule has 0 radical (unpaired) electrons. The largest absolute Gasteiger partial charge is 0.494 e. The molecule has 22 heavy (non-hydrogen) atoms. The van der Waals surface area contributed by atoms with E-state index in [9.17, 15) is 4.39 Å². The molecule has 0 heterocycles. The van der Waals surface area contributed by atoms with Gasteiger partial charge in [-0.2, -0.15) is 0 Å². The molecular formula is C17H19FN2OS. The van der Waals surface area contributed by atoms with Gasteiger partial charge in [-0.3, -0.25) is 0 Å². The van der Waals surface area contributed by atoms with Gasteiger partial charge in [0.25, 0.3) is 0 Å². The molecule has 0 saturated carbocycles. The molecule has 116 valence electrons. The highest BCUT2D eigenvalue weighted by Gasteiger charge is 2.10. The van der Waals surface area contributed by atoms with Crippen molar-refractivity contribution < 1.29 is 9.13 Å². The van der Waals surface area contributed by atoms with E-state index in [1.54, 1.807) is 6.07 Å². The number of hydrogen-bond donors (Lipinski definition) is 2. The lowest BCUT2D eigenvalue weighted by molar-refractivity contribution is 0.386. The van der Waals surface area contributed by atoms with Crippen LogP contribution in [0.2, 0.25) is 0 Å². The fourth-order valence-electron chi connectivity index (χ4n) is 2.12. The van der Waals surface area contributed by atoms with Gasteiger partial charge in [0, 0.05) is 5.69 Å². The monoisotopic (exact) mass is 318 g/mol. The second-order valence-corrected chi connectivity index (χ2v) is 5.49. The van der Waals surface area contributed by atoms with Gasteiger partial charge in [0.15, 0.2) is 16.7 Å². The topological polar surface area (TPSA) is 33.3 Å². The zero-order valence-electron chi connectivity index (χ0n) is 12.8. The molecule has 2 aromatic rings. The SMILES string of the molecule is COc1ccc([C@H](C)NC(=S)Nc2cccc(C)c2)cc1F. The van der Waals surface area contributed by atoms with Crippen LogP contribution in [0.4, 0.5) is 10.1 Å². The van der Waals surface area contributed by atoms with Crippen molar-refractivity contribution in [2.75, 3.05) is 12.4 Å². The van der Waals surface area contributed by atoms with E-state index in [0.29, 0.717) is 5.11 Å². The molecule has 0 bridgehead atoms. The summed E-state index contributed by atoms with van der Waals surface area (Å²) < 4.78 is 18.7. The van der Waals surface area contributed by atoms with Crippen molar-refractivity contribution in [3.05, 3.63) is 59.4 Å². The first kappa shape index (κ1) is 16.2. The zero-order chi connectivity index (χ0) is 16.1. The maximum absolute atomic E-state index is 13.7. The average Bonchev–Trinajstić information content (AvgIpc) is 2.46. The third-order valence-corrected chi connectivity index (χ3v) is 3.52. The smallest absolute Gasteiger partial charge is 0.171 e. The maximum Gasteiger partial charge on any atom is 0.171 e. The summed E-state index contributed by atoms with van der Waals surface area (Å²) in [4.78, 5) is 0. The number of nitrogens with one attached hydrogen (secondary N) is 2. The van der Waals surface area contributed by atoms with Gasteiger partial charge in [-0.25, -0.2) is 4.39 Å². The predicted molar refractivity (Wildman–Crippen MR) is 91.9 cm³/mol. The van der Waals surface area contributed by atoms with Crippen LogP contribution >= 0.6 is 12.2 Å². The van der Waals surface area contributed by atoms with Crippen molar-refractivity contribution in [3.8, 4) is 5.75 Å². The van der Waals surface area contributed by atoms with Crippen molar-refractivity contribution >= 4 is 23.0 Å². The van der Waals surface area contributed by atoms with Crippen molar-refractivity contribution in [1.29, 1.82) is 0 Å². The summed E-state index contributed by atoms with van der Waals surface area (Å²) in [5.74, 6) is -0.150. The number of halogens is 1. The van der Waals surface area contributed by atoms with Crippen LogP contribution in [0.1, 0.15) is 24.1 Å². The molecule has 2 aromatic carbocycles. The van der Waals surface area contributed by atoms with Crippen LogP contribution in [0.15, 0.2) is 42.5 Å². The van der Waals surface area contributed by atoms with Gasteiger partial charge >= 0.3 is 0 Å². The minimum atomic E-state index is -0.383. The minimum absolute atomic E-state index is 0.120. The predicted octanol–water partition coefficient (Wildman–Crippen LogP) is 4.19. The Bertz CT molecular complexity index is 675. The van der Waals surface area contributed by atoms with Crippen LogP contribution in [0.25, 0.3) is 0 Å². The first-order chi connectivity index (χ1) is 10.5. The van der Waals surface area contributed by atoms with E-state index in [2.05, 4.69) is 10.6 Å². The first-order valence-corrected chi connectivity index (χ1v) is 7.38. The van der Waals surface area contributed by atoms with Crippen LogP contribution in [0, 0.1) is 12.7 Å². The fourth-order valence-corrected chi connectivity index (χ4v) is 2.42. The number of thiocarbonyl (C=S) groups is 1. The van der Waals surface area contributed by atoms with Crippen molar-refractivity contribution in [3.63, 3.8) is 0 Å². The van der Waals surface area contributed by atoms with Gasteiger partial charge in [0.1, 0.15) is 0 Å². The quantitative estimate of drug-likeness (QED) is 0.828. The molecule has 3 nitrogen and oxygen atoms in total. The molecule has 0 aliphatic rings. The highest BCUT2D eigenvalue weighted by molar-refractivity contribution is 7.80. The van der Waals surface area contributed by atoms with E-state index < -0.39 is 0 Å². The lowest BCUT2D eigenvalue weighted by atomic mass is 10.1. The number of benzene rings is 2. The molecular weight excluding hydrogens is 299 g/mol. The molecule has 0 unspecified atom stereocenters. The number of aryl methyl sites for hydroxylation is 1. The highest BCUT2D eigenvalue weighted by Crippen LogP contribution is 2.21. The molecule has 5 heteroatoms. The number of ether oxygens (including phenoxy) is 1. The Hall–Kier alpha value is -2.14.